The van der Waals surface area contributed by atoms with Crippen molar-refractivity contribution in [2.24, 2.45) is 0 Å². The van der Waals surface area contributed by atoms with Gasteiger partial charge in [-0.15, -0.1) is 10.2 Å². The van der Waals surface area contributed by atoms with Crippen LogP contribution in [0.4, 0.5) is 16.3 Å². The zero-order chi connectivity index (χ0) is 32.4. The normalized spacial score (nSPS) is 14.1. The number of rotatable bonds is 7. The molecule has 2 N–H and O–H groups in total. The number of amides is 3. The Balaban J connectivity index is 1.11. The largest absolute Gasteiger partial charge is 0.343 e. The minimum absolute atomic E-state index is 0.176. The SMILES string of the molecule is CCC(=O)N1CCC(c2nnc3ccc(Sc4ccc(NC(=O)Nc5cc(C(C)(C)C)nn5-c5ccc(C)cc5)cc4)cn23)CC1. The molecular formula is C35H40N8O2S. The van der Waals surface area contributed by atoms with Gasteiger partial charge in [0.15, 0.2) is 5.65 Å². The van der Waals surface area contributed by atoms with Gasteiger partial charge >= 0.3 is 6.03 Å². The first-order chi connectivity index (χ1) is 22.1. The van der Waals surface area contributed by atoms with Gasteiger partial charge in [-0.2, -0.15) is 5.10 Å². The van der Waals surface area contributed by atoms with E-state index in [2.05, 4.69) is 52.2 Å². The maximum Gasteiger partial charge on any atom is 0.324 e. The van der Waals surface area contributed by atoms with E-state index in [1.807, 2.05) is 85.5 Å². The van der Waals surface area contributed by atoms with Crippen LogP contribution in [-0.4, -0.2) is 54.3 Å². The molecule has 3 amide bonds. The second-order valence-electron chi connectivity index (χ2n) is 12.8. The van der Waals surface area contributed by atoms with Crippen LogP contribution in [0.1, 0.15) is 70.0 Å². The topological polar surface area (TPSA) is 109 Å². The third-order valence-electron chi connectivity index (χ3n) is 8.26. The predicted octanol–water partition coefficient (Wildman–Crippen LogP) is 7.43. The predicted molar refractivity (Wildman–Crippen MR) is 182 cm³/mol. The van der Waals surface area contributed by atoms with Crippen molar-refractivity contribution in [1.29, 1.82) is 0 Å². The minimum Gasteiger partial charge on any atom is -0.343 e. The smallest absolute Gasteiger partial charge is 0.324 e. The molecule has 11 heteroatoms. The van der Waals surface area contributed by atoms with Crippen LogP contribution in [0.5, 0.6) is 0 Å². The van der Waals surface area contributed by atoms with Crippen molar-refractivity contribution >= 4 is 40.9 Å². The Morgan fingerprint density at radius 1 is 0.913 bits per heavy atom. The number of hydrogen-bond donors (Lipinski definition) is 2. The molecule has 0 spiro atoms. The van der Waals surface area contributed by atoms with Gasteiger partial charge in [0.1, 0.15) is 11.6 Å². The number of benzene rings is 2. The Bertz CT molecular complexity index is 1850. The van der Waals surface area contributed by atoms with Crippen LogP contribution in [0.25, 0.3) is 11.3 Å². The molecule has 2 aromatic carbocycles. The summed E-state index contributed by atoms with van der Waals surface area (Å²) in [6, 6.07) is 21.4. The average Bonchev–Trinajstić information content (AvgIpc) is 3.66. The van der Waals surface area contributed by atoms with Crippen LogP contribution in [0.2, 0.25) is 0 Å². The summed E-state index contributed by atoms with van der Waals surface area (Å²) in [5, 5.41) is 19.6. The fourth-order valence-corrected chi connectivity index (χ4v) is 6.42. The van der Waals surface area contributed by atoms with Gasteiger partial charge < -0.3 is 10.2 Å². The molecular weight excluding hydrogens is 597 g/mol. The van der Waals surface area contributed by atoms with Crippen LogP contribution in [0, 0.1) is 6.92 Å². The summed E-state index contributed by atoms with van der Waals surface area (Å²) < 4.78 is 3.85. The minimum atomic E-state index is -0.343. The van der Waals surface area contributed by atoms with Crippen molar-refractivity contribution in [3.05, 3.63) is 90.0 Å². The lowest BCUT2D eigenvalue weighted by atomic mass is 9.92. The Kier molecular flexibility index (Phi) is 8.86. The van der Waals surface area contributed by atoms with Gasteiger partial charge in [0.05, 0.1) is 11.4 Å². The third kappa shape index (κ3) is 6.94. The number of nitrogens with one attached hydrogen (secondary N) is 2. The van der Waals surface area contributed by atoms with E-state index in [1.165, 1.54) is 0 Å². The molecule has 6 rings (SSSR count). The van der Waals surface area contributed by atoms with Crippen LogP contribution >= 0.6 is 11.8 Å². The van der Waals surface area contributed by atoms with Crippen LogP contribution in [0.15, 0.2) is 82.7 Å². The van der Waals surface area contributed by atoms with Crippen LogP contribution in [0.3, 0.4) is 0 Å². The summed E-state index contributed by atoms with van der Waals surface area (Å²) in [6.45, 7) is 11.8. The fraction of sp³-hybridized carbons (Fsp3) is 0.343. The molecule has 0 bridgehead atoms. The van der Waals surface area contributed by atoms with Gasteiger partial charge in [-0.3, -0.25) is 14.5 Å². The number of aryl methyl sites for hydroxylation is 1. The van der Waals surface area contributed by atoms with E-state index in [0.29, 0.717) is 17.9 Å². The number of likely N-dealkylation sites (tertiary alicyclic amines) is 1. The maximum absolute atomic E-state index is 13.1. The zero-order valence-corrected chi connectivity index (χ0v) is 27.8. The van der Waals surface area contributed by atoms with Crippen molar-refractivity contribution in [2.75, 3.05) is 23.7 Å². The van der Waals surface area contributed by atoms with E-state index in [9.17, 15) is 9.59 Å². The molecule has 0 aliphatic carbocycles. The Hall–Kier alpha value is -4.64. The van der Waals surface area contributed by atoms with E-state index in [-0.39, 0.29) is 23.3 Å². The van der Waals surface area contributed by atoms with E-state index >= 15 is 0 Å². The molecule has 0 radical (unpaired) electrons. The summed E-state index contributed by atoms with van der Waals surface area (Å²) in [5.41, 5.74) is 4.24. The molecule has 10 nitrogen and oxygen atoms in total. The molecule has 1 aliphatic heterocycles. The summed E-state index contributed by atoms with van der Waals surface area (Å²) in [4.78, 5) is 29.2. The zero-order valence-electron chi connectivity index (χ0n) is 26.9. The lowest BCUT2D eigenvalue weighted by molar-refractivity contribution is -0.131. The molecule has 1 aliphatic rings. The lowest BCUT2D eigenvalue weighted by Gasteiger charge is -2.31. The Morgan fingerprint density at radius 3 is 2.28 bits per heavy atom. The molecule has 4 heterocycles. The van der Waals surface area contributed by atoms with Crippen molar-refractivity contribution in [3.8, 4) is 5.69 Å². The highest BCUT2D eigenvalue weighted by Gasteiger charge is 2.26. The van der Waals surface area contributed by atoms with Gasteiger partial charge in [0, 0.05) is 58.6 Å². The highest BCUT2D eigenvalue weighted by atomic mass is 32.2. The first-order valence-corrected chi connectivity index (χ1v) is 16.5. The maximum atomic E-state index is 13.1. The second-order valence-corrected chi connectivity index (χ2v) is 13.9. The number of carbonyl (C=O) groups is 2. The average molecular weight is 637 g/mol. The van der Waals surface area contributed by atoms with E-state index in [4.69, 9.17) is 5.10 Å². The summed E-state index contributed by atoms with van der Waals surface area (Å²) in [6.07, 6.45) is 4.40. The van der Waals surface area contributed by atoms with Gasteiger partial charge in [-0.1, -0.05) is 57.2 Å². The van der Waals surface area contributed by atoms with Gasteiger partial charge in [-0.05, 0) is 68.3 Å². The summed E-state index contributed by atoms with van der Waals surface area (Å²) in [5.74, 6) is 2.03. The van der Waals surface area contributed by atoms with E-state index in [0.717, 1.165) is 64.1 Å². The second kappa shape index (κ2) is 13.0. The Morgan fingerprint density at radius 2 is 1.61 bits per heavy atom. The number of hydrogen-bond acceptors (Lipinski definition) is 6. The monoisotopic (exact) mass is 636 g/mol. The quantitative estimate of drug-likeness (QED) is 0.192. The number of nitrogens with zero attached hydrogens (tertiary/aromatic N) is 6. The molecule has 1 fully saturated rings. The molecule has 1 saturated heterocycles. The third-order valence-corrected chi connectivity index (χ3v) is 9.25. The number of aromatic nitrogens is 5. The molecule has 0 unspecified atom stereocenters. The van der Waals surface area contributed by atoms with Gasteiger partial charge in [-0.25, -0.2) is 9.48 Å². The number of fused-ring (bicyclic) bond motifs is 1. The first kappa shape index (κ1) is 31.3. The van der Waals surface area contributed by atoms with Crippen molar-refractivity contribution in [2.45, 2.75) is 75.0 Å². The van der Waals surface area contributed by atoms with Crippen molar-refractivity contribution in [1.82, 2.24) is 29.3 Å². The summed E-state index contributed by atoms with van der Waals surface area (Å²) >= 11 is 1.64. The van der Waals surface area contributed by atoms with Crippen molar-refractivity contribution in [3.63, 3.8) is 0 Å². The standard InChI is InChI=1S/C35H40N8O2S/c1-6-32(44)41-19-17-24(18-20-41)33-39-38-30-16-15-28(22-42(30)33)46-27-13-9-25(10-14-27)36-34(45)37-31-21-29(35(3,4)5)40-43(31)26-11-7-23(2)8-12-26/h7-16,21-22,24H,6,17-20H2,1-5H3,(H2,36,37,45). The molecule has 238 valence electrons. The molecule has 3 aromatic heterocycles. The lowest BCUT2D eigenvalue weighted by Crippen LogP contribution is -2.37. The van der Waals surface area contributed by atoms with Crippen LogP contribution in [-0.2, 0) is 10.2 Å². The fourth-order valence-electron chi connectivity index (χ4n) is 5.58. The number of urea groups is 1. The van der Waals surface area contributed by atoms with Crippen molar-refractivity contribution < 1.29 is 9.59 Å². The molecule has 0 saturated carbocycles. The highest BCUT2D eigenvalue weighted by Crippen LogP contribution is 2.32. The van der Waals surface area contributed by atoms with Crippen LogP contribution < -0.4 is 10.6 Å². The first-order valence-electron chi connectivity index (χ1n) is 15.7. The summed E-state index contributed by atoms with van der Waals surface area (Å²) in [7, 11) is 0. The highest BCUT2D eigenvalue weighted by molar-refractivity contribution is 7.99. The van der Waals surface area contributed by atoms with Gasteiger partial charge in [0.25, 0.3) is 0 Å². The molecule has 5 aromatic rings. The number of carbonyl (C=O) groups excluding carboxylic acids is 2. The van der Waals surface area contributed by atoms with E-state index < -0.39 is 0 Å². The van der Waals surface area contributed by atoms with Gasteiger partial charge in [0.2, 0.25) is 5.91 Å². The van der Waals surface area contributed by atoms with E-state index in [1.54, 1.807) is 16.4 Å². The number of pyridine rings is 1. The Labute approximate surface area is 273 Å². The molecule has 46 heavy (non-hydrogen) atoms. The molecule has 0 atom stereocenters. The number of anilines is 2. The number of piperidine rings is 1.